The monoisotopic (exact) mass is 245 g/mol. The molecule has 0 unspecified atom stereocenters. The Balaban J connectivity index is 1.99. The molecule has 2 rings (SSSR count). The zero-order chi connectivity index (χ0) is 13.0. The molecule has 1 aromatic carbocycles. The lowest BCUT2D eigenvalue weighted by Gasteiger charge is -2.32. The third kappa shape index (κ3) is 3.12. The summed E-state index contributed by atoms with van der Waals surface area (Å²) in [6, 6.07) is 9.40. The molecule has 98 valence electrons. The molecular weight excluding hydrogens is 222 g/mol. The highest BCUT2D eigenvalue weighted by molar-refractivity contribution is 5.79. The molecule has 0 heterocycles. The van der Waals surface area contributed by atoms with Crippen LogP contribution in [-0.2, 0) is 11.2 Å². The number of nitrogens with zero attached hydrogens (tertiary/aromatic N) is 1. The number of hydrogen-bond donors (Lipinski definition) is 0. The van der Waals surface area contributed by atoms with E-state index in [1.807, 2.05) is 0 Å². The van der Waals surface area contributed by atoms with E-state index in [1.165, 1.54) is 17.7 Å². The number of carbonyl (C=O) groups is 1. The van der Waals surface area contributed by atoms with Gasteiger partial charge in [0.1, 0.15) is 5.78 Å². The van der Waals surface area contributed by atoms with Crippen LogP contribution < -0.4 is 4.90 Å². The lowest BCUT2D eigenvalue weighted by Crippen LogP contribution is -2.35. The fourth-order valence-electron chi connectivity index (χ4n) is 2.71. The van der Waals surface area contributed by atoms with Crippen LogP contribution in [0.15, 0.2) is 24.3 Å². The van der Waals surface area contributed by atoms with Crippen molar-refractivity contribution in [1.29, 1.82) is 0 Å². The maximum Gasteiger partial charge on any atom is 0.133 e. The van der Waals surface area contributed by atoms with Crippen molar-refractivity contribution in [2.75, 3.05) is 11.9 Å². The van der Waals surface area contributed by atoms with Gasteiger partial charge in [0.05, 0.1) is 0 Å². The molecule has 2 heteroatoms. The molecule has 0 aromatic heterocycles. The third-order valence-electron chi connectivity index (χ3n) is 3.94. The number of ketones is 1. The second-order valence-corrected chi connectivity index (χ2v) is 5.30. The molecule has 0 atom stereocenters. The summed E-state index contributed by atoms with van der Waals surface area (Å²) in [5.74, 6) is 0.429. The Morgan fingerprint density at radius 2 is 1.78 bits per heavy atom. The Bertz CT molecular complexity index is 386. The van der Waals surface area contributed by atoms with Crippen molar-refractivity contribution >= 4 is 11.5 Å². The van der Waals surface area contributed by atoms with Crippen LogP contribution >= 0.6 is 0 Å². The predicted octanol–water partition coefficient (Wildman–Crippen LogP) is 3.59. The smallest absolute Gasteiger partial charge is 0.133 e. The highest BCUT2D eigenvalue weighted by atomic mass is 16.1. The molecule has 0 N–H and O–H groups in total. The number of aryl methyl sites for hydroxylation is 1. The lowest BCUT2D eigenvalue weighted by atomic mass is 9.93. The summed E-state index contributed by atoms with van der Waals surface area (Å²) < 4.78 is 0. The summed E-state index contributed by atoms with van der Waals surface area (Å²) in [5, 5.41) is 0. The van der Waals surface area contributed by atoms with Gasteiger partial charge in [0.15, 0.2) is 0 Å². The van der Waals surface area contributed by atoms with Crippen LogP contribution in [0.4, 0.5) is 5.69 Å². The summed E-state index contributed by atoms with van der Waals surface area (Å²) in [5.41, 5.74) is 2.68. The number of rotatable bonds is 4. The maximum absolute atomic E-state index is 11.3. The van der Waals surface area contributed by atoms with Gasteiger partial charge in [-0.2, -0.15) is 0 Å². The molecule has 1 aliphatic rings. The van der Waals surface area contributed by atoms with Gasteiger partial charge in [-0.05, 0) is 37.0 Å². The minimum atomic E-state index is 0.429. The summed E-state index contributed by atoms with van der Waals surface area (Å²) in [6.07, 6.45) is 5.87. The van der Waals surface area contributed by atoms with Gasteiger partial charge in [-0.25, -0.2) is 0 Å². The standard InChI is InChI=1S/C16H23NO/c1-3-4-13-5-7-14(8-6-13)17(2)15-9-11-16(18)12-10-15/h5-8,15H,3-4,9-12H2,1-2H3. The van der Waals surface area contributed by atoms with E-state index < -0.39 is 0 Å². The number of Topliss-reactive ketones (excluding diaryl/α,β-unsaturated/α-hetero) is 1. The number of benzene rings is 1. The van der Waals surface area contributed by atoms with Gasteiger partial charge in [-0.3, -0.25) is 4.79 Å². The molecule has 0 aliphatic heterocycles. The molecule has 1 fully saturated rings. The van der Waals surface area contributed by atoms with Crippen LogP contribution in [0.1, 0.15) is 44.6 Å². The molecule has 18 heavy (non-hydrogen) atoms. The second kappa shape index (κ2) is 6.03. The Morgan fingerprint density at radius 3 is 2.33 bits per heavy atom. The van der Waals surface area contributed by atoms with E-state index in [1.54, 1.807) is 0 Å². The second-order valence-electron chi connectivity index (χ2n) is 5.30. The molecule has 0 bridgehead atoms. The number of anilines is 1. The third-order valence-corrected chi connectivity index (χ3v) is 3.94. The van der Waals surface area contributed by atoms with Crippen LogP contribution in [0, 0.1) is 0 Å². The number of carbonyl (C=O) groups excluding carboxylic acids is 1. The SMILES string of the molecule is CCCc1ccc(N(C)C2CCC(=O)CC2)cc1. The van der Waals surface area contributed by atoms with Gasteiger partial charge in [0.25, 0.3) is 0 Å². The van der Waals surface area contributed by atoms with Crippen molar-refractivity contribution in [1.82, 2.24) is 0 Å². The van der Waals surface area contributed by atoms with Crippen molar-refractivity contribution in [2.24, 2.45) is 0 Å². The summed E-state index contributed by atoms with van der Waals surface area (Å²) in [6.45, 7) is 2.21. The van der Waals surface area contributed by atoms with Crippen molar-refractivity contribution in [2.45, 2.75) is 51.5 Å². The van der Waals surface area contributed by atoms with Gasteiger partial charge in [0.2, 0.25) is 0 Å². The van der Waals surface area contributed by atoms with E-state index in [9.17, 15) is 4.79 Å². The van der Waals surface area contributed by atoms with Crippen molar-refractivity contribution in [3.05, 3.63) is 29.8 Å². The molecule has 1 aliphatic carbocycles. The first-order chi connectivity index (χ1) is 8.70. The molecule has 2 nitrogen and oxygen atoms in total. The average molecular weight is 245 g/mol. The minimum Gasteiger partial charge on any atom is -0.372 e. The summed E-state index contributed by atoms with van der Waals surface area (Å²) >= 11 is 0. The van der Waals surface area contributed by atoms with Crippen molar-refractivity contribution in [3.63, 3.8) is 0 Å². The first-order valence-corrected chi connectivity index (χ1v) is 7.04. The van der Waals surface area contributed by atoms with Gasteiger partial charge < -0.3 is 4.90 Å². The Morgan fingerprint density at radius 1 is 1.17 bits per heavy atom. The van der Waals surface area contributed by atoms with E-state index in [0.717, 1.165) is 32.1 Å². The van der Waals surface area contributed by atoms with Gasteiger partial charge in [0, 0.05) is 31.6 Å². The lowest BCUT2D eigenvalue weighted by molar-refractivity contribution is -0.120. The minimum absolute atomic E-state index is 0.429. The normalized spacial score (nSPS) is 16.9. The summed E-state index contributed by atoms with van der Waals surface area (Å²) in [4.78, 5) is 13.6. The van der Waals surface area contributed by atoms with Crippen LogP contribution in [0.5, 0.6) is 0 Å². The van der Waals surface area contributed by atoms with E-state index in [0.29, 0.717) is 11.8 Å². The maximum atomic E-state index is 11.3. The topological polar surface area (TPSA) is 20.3 Å². The van der Waals surface area contributed by atoms with Crippen LogP contribution in [0.3, 0.4) is 0 Å². The van der Waals surface area contributed by atoms with E-state index >= 15 is 0 Å². The van der Waals surface area contributed by atoms with Crippen LogP contribution in [-0.4, -0.2) is 18.9 Å². The van der Waals surface area contributed by atoms with Crippen LogP contribution in [0.25, 0.3) is 0 Å². The summed E-state index contributed by atoms with van der Waals surface area (Å²) in [7, 11) is 2.15. The molecule has 0 saturated heterocycles. The van der Waals surface area contributed by atoms with E-state index in [2.05, 4.69) is 43.1 Å². The first-order valence-electron chi connectivity index (χ1n) is 7.04. The highest BCUT2D eigenvalue weighted by Gasteiger charge is 2.22. The van der Waals surface area contributed by atoms with Gasteiger partial charge in [-0.15, -0.1) is 0 Å². The average Bonchev–Trinajstić information content (AvgIpc) is 2.40. The molecule has 0 amide bonds. The molecule has 1 aromatic rings. The zero-order valence-electron chi connectivity index (χ0n) is 11.5. The molecular formula is C16H23NO. The van der Waals surface area contributed by atoms with E-state index in [-0.39, 0.29) is 0 Å². The zero-order valence-corrected chi connectivity index (χ0v) is 11.5. The predicted molar refractivity (Wildman–Crippen MR) is 76.1 cm³/mol. The highest BCUT2D eigenvalue weighted by Crippen LogP contribution is 2.25. The van der Waals surface area contributed by atoms with Gasteiger partial charge >= 0.3 is 0 Å². The molecule has 0 spiro atoms. The fourth-order valence-corrected chi connectivity index (χ4v) is 2.71. The first kappa shape index (κ1) is 13.1. The van der Waals surface area contributed by atoms with E-state index in [4.69, 9.17) is 0 Å². The number of hydrogen-bond acceptors (Lipinski definition) is 2. The molecule has 1 saturated carbocycles. The quantitative estimate of drug-likeness (QED) is 0.808. The fraction of sp³-hybridized carbons (Fsp3) is 0.562. The van der Waals surface area contributed by atoms with Crippen molar-refractivity contribution < 1.29 is 4.79 Å². The molecule has 0 radical (unpaired) electrons. The van der Waals surface area contributed by atoms with Gasteiger partial charge in [-0.1, -0.05) is 25.5 Å². The van der Waals surface area contributed by atoms with Crippen molar-refractivity contribution in [3.8, 4) is 0 Å². The Hall–Kier alpha value is -1.31. The van der Waals surface area contributed by atoms with Crippen LogP contribution in [0.2, 0.25) is 0 Å². The Labute approximate surface area is 110 Å². The Kier molecular flexibility index (Phi) is 4.40. The largest absolute Gasteiger partial charge is 0.372 e.